The summed E-state index contributed by atoms with van der Waals surface area (Å²) < 4.78 is 0. The molecule has 0 heterocycles. The van der Waals surface area contributed by atoms with Gasteiger partial charge in [-0.15, -0.1) is 0 Å². The number of aliphatic hydroxyl groups is 3. The second-order valence-corrected chi connectivity index (χ2v) is 11.7. The molecule has 1 aromatic rings. The second-order valence-electron chi connectivity index (χ2n) is 11.7. The number of nitrogens with one attached hydrogen (secondary N) is 3. The number of nitrogens with two attached hydrogens (primary N) is 1. The third-order valence-electron chi connectivity index (χ3n) is 7.57. The Balaban J connectivity index is 1.75. The van der Waals surface area contributed by atoms with Gasteiger partial charge in [-0.05, 0) is 51.2 Å². The quantitative estimate of drug-likeness (QED) is 0.188. The average Bonchev–Trinajstić information content (AvgIpc) is 2.81. The molecule has 3 aliphatic rings. The van der Waals surface area contributed by atoms with E-state index in [1.807, 2.05) is 20.8 Å². The van der Waals surface area contributed by atoms with E-state index in [0.717, 1.165) is 0 Å². The van der Waals surface area contributed by atoms with Crippen LogP contribution in [-0.4, -0.2) is 69.2 Å². The number of carbonyl (C=O) groups is 4. The summed E-state index contributed by atoms with van der Waals surface area (Å²) in [6.45, 7) is 5.38. The fourth-order valence-corrected chi connectivity index (χ4v) is 5.85. The average molecular weight is 558 g/mol. The molecule has 3 atom stereocenters. The van der Waals surface area contributed by atoms with E-state index >= 15 is 0 Å². The predicted octanol–water partition coefficient (Wildman–Crippen LogP) is 0.749. The molecular formula is C27H35N5O8. The lowest BCUT2D eigenvalue weighted by atomic mass is 9.60. The minimum absolute atomic E-state index is 0.0483. The third-order valence-corrected chi connectivity index (χ3v) is 7.57. The molecule has 0 spiro atoms. The van der Waals surface area contributed by atoms with Crippen LogP contribution in [0.4, 0.5) is 10.5 Å². The van der Waals surface area contributed by atoms with Crippen LogP contribution in [0.1, 0.15) is 55.1 Å². The first kappa shape index (κ1) is 28.9. The van der Waals surface area contributed by atoms with Crippen molar-refractivity contribution in [2.75, 3.05) is 19.0 Å². The number of aliphatic hydroxyl groups excluding tert-OH is 2. The second kappa shape index (κ2) is 9.82. The van der Waals surface area contributed by atoms with Gasteiger partial charge in [0, 0.05) is 55.3 Å². The Morgan fingerprint density at radius 2 is 1.80 bits per heavy atom. The van der Waals surface area contributed by atoms with Gasteiger partial charge >= 0.3 is 6.03 Å². The number of benzene rings is 1. The number of Topliss-reactive ketones (excluding diaryl/α,β-unsaturated/α-hetero) is 2. The number of phenols is 1. The molecule has 0 aliphatic heterocycles. The van der Waals surface area contributed by atoms with E-state index in [9.17, 15) is 39.6 Å². The van der Waals surface area contributed by atoms with Gasteiger partial charge in [-0.1, -0.05) is 0 Å². The van der Waals surface area contributed by atoms with Gasteiger partial charge in [-0.25, -0.2) is 10.2 Å². The van der Waals surface area contributed by atoms with Gasteiger partial charge < -0.3 is 36.4 Å². The number of amides is 3. The number of hydrogen-bond donors (Lipinski definition) is 8. The summed E-state index contributed by atoms with van der Waals surface area (Å²) in [5.41, 5.74) is 7.58. The van der Waals surface area contributed by atoms with E-state index in [4.69, 9.17) is 5.73 Å². The Morgan fingerprint density at radius 3 is 2.38 bits per heavy atom. The van der Waals surface area contributed by atoms with Gasteiger partial charge in [0.1, 0.15) is 22.8 Å². The molecule has 3 amide bonds. The molecule has 0 saturated heterocycles. The molecule has 40 heavy (non-hydrogen) atoms. The number of nitrogens with zero attached hydrogens (tertiary/aromatic N) is 1. The Hall–Kier alpha value is -4.10. The Kier molecular flexibility index (Phi) is 7.10. The molecule has 1 aromatic carbocycles. The van der Waals surface area contributed by atoms with Gasteiger partial charge in [0.05, 0.1) is 5.56 Å². The number of anilines is 1. The summed E-state index contributed by atoms with van der Waals surface area (Å²) in [5.74, 6) is -6.80. The lowest BCUT2D eigenvalue weighted by Crippen LogP contribution is -2.57. The van der Waals surface area contributed by atoms with E-state index < -0.39 is 63.6 Å². The molecular weight excluding hydrogens is 522 g/mol. The maximum absolute atomic E-state index is 13.9. The molecule has 3 aliphatic carbocycles. The lowest BCUT2D eigenvalue weighted by molar-refractivity contribution is -0.144. The number of phenolic OH excluding ortho intramolecular Hbond substituents is 1. The summed E-state index contributed by atoms with van der Waals surface area (Å²) >= 11 is 0. The zero-order chi connectivity index (χ0) is 29.9. The third kappa shape index (κ3) is 4.64. The number of allylic oxidation sites excluding steroid dienone is 2. The number of ketones is 2. The van der Waals surface area contributed by atoms with Crippen LogP contribution in [0.5, 0.6) is 5.75 Å². The van der Waals surface area contributed by atoms with E-state index in [0.29, 0.717) is 11.3 Å². The largest absolute Gasteiger partial charge is 0.511 e. The van der Waals surface area contributed by atoms with Crippen molar-refractivity contribution < 1.29 is 39.6 Å². The van der Waals surface area contributed by atoms with Crippen molar-refractivity contribution in [1.82, 2.24) is 16.2 Å². The van der Waals surface area contributed by atoms with Crippen LogP contribution in [0.15, 0.2) is 28.7 Å². The number of rotatable bonds is 5. The number of fused-ring (bicyclic) bond motifs is 3. The maximum Gasteiger partial charge on any atom is 0.329 e. The smallest absolute Gasteiger partial charge is 0.329 e. The number of primary amides is 1. The normalized spacial score (nSPS) is 24.2. The first-order chi connectivity index (χ1) is 18.5. The van der Waals surface area contributed by atoms with E-state index in [2.05, 4.69) is 16.2 Å². The highest BCUT2D eigenvalue weighted by Gasteiger charge is 2.59. The van der Waals surface area contributed by atoms with Crippen LogP contribution in [0.3, 0.4) is 0 Å². The number of hydrogen-bond acceptors (Lipinski definition) is 10. The molecule has 1 unspecified atom stereocenters. The standard InChI is InChI=1S/C27H35N5O8/c1-26(2,3)30-25(39)31-29-10-12-8-15(32(4)5)14-7-11-6-13-9-16(33)19(24(28)38)23(37)27(13,40)22(36)17(11)21(35)18(14)20(12)34/h8,11,13,29,33-34,36,40H,6-7,9-10H2,1-5H3,(H2,28,38)(H2,30,31,39)/t11?,13-,27-/m0/s1. The summed E-state index contributed by atoms with van der Waals surface area (Å²) in [6.07, 6.45) is -0.0519. The van der Waals surface area contributed by atoms with E-state index in [1.165, 1.54) is 0 Å². The highest BCUT2D eigenvalue weighted by molar-refractivity contribution is 6.24. The Bertz CT molecular complexity index is 1390. The molecule has 13 heteroatoms. The molecule has 0 bridgehead atoms. The van der Waals surface area contributed by atoms with Gasteiger partial charge in [0.2, 0.25) is 5.78 Å². The molecule has 216 valence electrons. The molecule has 0 fully saturated rings. The molecule has 0 radical (unpaired) electrons. The molecule has 0 aromatic heterocycles. The fourth-order valence-electron chi connectivity index (χ4n) is 5.85. The lowest BCUT2D eigenvalue weighted by Gasteiger charge is -2.46. The maximum atomic E-state index is 13.9. The van der Waals surface area contributed by atoms with Crippen molar-refractivity contribution in [2.24, 2.45) is 17.6 Å². The Morgan fingerprint density at radius 1 is 1.15 bits per heavy atom. The topological polar surface area (TPSA) is 215 Å². The Labute approximate surface area is 230 Å². The molecule has 4 rings (SSSR count). The summed E-state index contributed by atoms with van der Waals surface area (Å²) in [7, 11) is 3.53. The van der Waals surface area contributed by atoms with Crippen molar-refractivity contribution >= 4 is 29.2 Å². The number of urea groups is 1. The van der Waals surface area contributed by atoms with Crippen molar-refractivity contribution in [3.63, 3.8) is 0 Å². The first-order valence-electron chi connectivity index (χ1n) is 12.8. The summed E-state index contributed by atoms with van der Waals surface area (Å²) in [6, 6.07) is 1.19. The van der Waals surface area contributed by atoms with Gasteiger partial charge in [0.25, 0.3) is 5.91 Å². The van der Waals surface area contributed by atoms with Gasteiger partial charge in [-0.3, -0.25) is 19.8 Å². The molecule has 9 N–H and O–H groups in total. The zero-order valence-electron chi connectivity index (χ0n) is 23.0. The monoisotopic (exact) mass is 557 g/mol. The van der Waals surface area contributed by atoms with Crippen molar-refractivity contribution in [3.8, 4) is 5.75 Å². The SMILES string of the molecule is CN(C)c1cc(CNNC(=O)NC(C)(C)C)c(O)c2c1CC1C[C@H]3CC(O)=C(C(N)=O)C(=O)[C@@]3(O)C(O)=C1C2=O. The number of aromatic hydroxyl groups is 1. The van der Waals surface area contributed by atoms with Crippen LogP contribution >= 0.6 is 0 Å². The van der Waals surface area contributed by atoms with E-state index in [1.54, 1.807) is 25.1 Å². The number of hydrazine groups is 1. The van der Waals surface area contributed by atoms with Gasteiger partial charge in [0.15, 0.2) is 11.4 Å². The first-order valence-corrected chi connectivity index (χ1v) is 12.8. The van der Waals surface area contributed by atoms with Crippen molar-refractivity contribution in [1.29, 1.82) is 0 Å². The molecule has 13 nitrogen and oxygen atoms in total. The van der Waals surface area contributed by atoms with Crippen LogP contribution in [0, 0.1) is 11.8 Å². The highest BCUT2D eigenvalue weighted by Crippen LogP contribution is 2.52. The molecule has 0 saturated carbocycles. The van der Waals surface area contributed by atoms with E-state index in [-0.39, 0.29) is 48.3 Å². The zero-order valence-corrected chi connectivity index (χ0v) is 23.0. The van der Waals surface area contributed by atoms with Crippen LogP contribution in [0.25, 0.3) is 0 Å². The van der Waals surface area contributed by atoms with Crippen LogP contribution in [-0.2, 0) is 22.6 Å². The van der Waals surface area contributed by atoms with Crippen LogP contribution < -0.4 is 26.8 Å². The van der Waals surface area contributed by atoms with Gasteiger partial charge in [-0.2, -0.15) is 0 Å². The summed E-state index contributed by atoms with van der Waals surface area (Å²) in [5, 5.41) is 46.8. The number of carbonyl (C=O) groups excluding carboxylic acids is 4. The minimum atomic E-state index is -2.63. The predicted molar refractivity (Wildman–Crippen MR) is 143 cm³/mol. The van der Waals surface area contributed by atoms with Crippen molar-refractivity contribution in [2.45, 2.75) is 57.7 Å². The summed E-state index contributed by atoms with van der Waals surface area (Å²) in [4.78, 5) is 52.7. The minimum Gasteiger partial charge on any atom is -0.511 e. The highest BCUT2D eigenvalue weighted by atomic mass is 16.3. The van der Waals surface area contributed by atoms with Crippen molar-refractivity contribution in [3.05, 3.63) is 45.4 Å². The fraction of sp³-hybridized carbons (Fsp3) is 0.481. The van der Waals surface area contributed by atoms with Crippen LogP contribution in [0.2, 0.25) is 0 Å².